The van der Waals surface area contributed by atoms with Gasteiger partial charge in [0.25, 0.3) is 5.91 Å². The van der Waals surface area contributed by atoms with Crippen LogP contribution in [0, 0.1) is 0 Å². The molecule has 23 heavy (non-hydrogen) atoms. The number of carbonyl (C=O) groups excluding carboxylic acids is 1. The highest BCUT2D eigenvalue weighted by molar-refractivity contribution is 6.06. The second kappa shape index (κ2) is 7.68. The molecule has 0 saturated carbocycles. The van der Waals surface area contributed by atoms with Gasteiger partial charge in [0.15, 0.2) is 0 Å². The fraction of sp³-hybridized carbons (Fsp3) is 0.316. The van der Waals surface area contributed by atoms with E-state index in [9.17, 15) is 4.79 Å². The highest BCUT2D eigenvalue weighted by atomic mass is 16.1. The summed E-state index contributed by atoms with van der Waals surface area (Å²) < 4.78 is 0. The average molecular weight is 311 g/mol. The van der Waals surface area contributed by atoms with Crippen LogP contribution in [0.2, 0.25) is 0 Å². The Morgan fingerprint density at radius 3 is 2.26 bits per heavy atom. The van der Waals surface area contributed by atoms with Crippen molar-refractivity contribution >= 4 is 23.0 Å². The second-order valence-electron chi connectivity index (χ2n) is 5.45. The predicted octanol–water partition coefficient (Wildman–Crippen LogP) is 3.93. The lowest BCUT2D eigenvalue weighted by atomic mass is 10.1. The van der Waals surface area contributed by atoms with Crippen molar-refractivity contribution in [2.24, 2.45) is 0 Å². The molecule has 1 amide bonds. The fourth-order valence-electron chi connectivity index (χ4n) is 2.58. The van der Waals surface area contributed by atoms with Crippen molar-refractivity contribution in [1.82, 2.24) is 0 Å². The number of nitrogens with one attached hydrogen (secondary N) is 1. The minimum Gasteiger partial charge on any atom is -0.399 e. The lowest BCUT2D eigenvalue weighted by molar-refractivity contribution is 0.102. The van der Waals surface area contributed by atoms with E-state index in [-0.39, 0.29) is 5.91 Å². The van der Waals surface area contributed by atoms with Gasteiger partial charge in [-0.05, 0) is 56.2 Å². The number of nitrogen functional groups attached to an aromatic ring is 1. The molecular weight excluding hydrogens is 286 g/mol. The minimum atomic E-state index is -0.119. The molecule has 0 heterocycles. The van der Waals surface area contributed by atoms with Crippen molar-refractivity contribution < 1.29 is 4.79 Å². The van der Waals surface area contributed by atoms with Gasteiger partial charge < -0.3 is 16.0 Å². The maximum absolute atomic E-state index is 12.5. The zero-order valence-electron chi connectivity index (χ0n) is 14.1. The molecule has 0 radical (unpaired) electrons. The number of nitrogens with zero attached hydrogens (tertiary/aromatic N) is 1. The minimum absolute atomic E-state index is 0.119. The van der Waals surface area contributed by atoms with Gasteiger partial charge in [0.05, 0.1) is 11.4 Å². The molecule has 3 N–H and O–H groups in total. The summed E-state index contributed by atoms with van der Waals surface area (Å²) in [4.78, 5) is 14.7. The van der Waals surface area contributed by atoms with Gasteiger partial charge in [-0.3, -0.25) is 4.79 Å². The molecule has 122 valence electrons. The van der Waals surface area contributed by atoms with Crippen LogP contribution in [0.4, 0.5) is 17.1 Å². The number of amides is 1. The van der Waals surface area contributed by atoms with Gasteiger partial charge in [-0.1, -0.05) is 19.1 Å². The van der Waals surface area contributed by atoms with Crippen LogP contribution in [0.5, 0.6) is 0 Å². The van der Waals surface area contributed by atoms with Crippen molar-refractivity contribution in [1.29, 1.82) is 0 Å². The van der Waals surface area contributed by atoms with Crippen LogP contribution in [-0.2, 0) is 6.42 Å². The maximum atomic E-state index is 12.5. The first-order valence-corrected chi connectivity index (χ1v) is 8.13. The number of hydrogen-bond donors (Lipinski definition) is 2. The van der Waals surface area contributed by atoms with Gasteiger partial charge in [-0.25, -0.2) is 0 Å². The van der Waals surface area contributed by atoms with E-state index in [1.54, 1.807) is 0 Å². The molecule has 4 heteroatoms. The van der Waals surface area contributed by atoms with E-state index in [1.807, 2.05) is 42.5 Å². The van der Waals surface area contributed by atoms with Gasteiger partial charge in [-0.2, -0.15) is 0 Å². The van der Waals surface area contributed by atoms with Crippen molar-refractivity contribution in [2.75, 3.05) is 29.0 Å². The van der Waals surface area contributed by atoms with Crippen LogP contribution in [-0.4, -0.2) is 19.0 Å². The molecule has 0 saturated heterocycles. The zero-order chi connectivity index (χ0) is 16.8. The van der Waals surface area contributed by atoms with E-state index in [4.69, 9.17) is 5.73 Å². The molecule has 2 rings (SSSR count). The smallest absolute Gasteiger partial charge is 0.255 e. The van der Waals surface area contributed by atoms with Crippen LogP contribution in [0.3, 0.4) is 0 Å². The third-order valence-electron chi connectivity index (χ3n) is 4.00. The Morgan fingerprint density at radius 1 is 1.04 bits per heavy atom. The number of rotatable bonds is 6. The summed E-state index contributed by atoms with van der Waals surface area (Å²) in [6.07, 6.45) is 0.962. The number of nitrogens with two attached hydrogens (primary N) is 1. The van der Waals surface area contributed by atoms with E-state index in [1.165, 1.54) is 5.56 Å². The summed E-state index contributed by atoms with van der Waals surface area (Å²) in [6.45, 7) is 8.02. The molecule has 2 aromatic carbocycles. The van der Waals surface area contributed by atoms with Crippen LogP contribution >= 0.6 is 0 Å². The van der Waals surface area contributed by atoms with E-state index in [0.717, 1.165) is 30.9 Å². The van der Waals surface area contributed by atoms with Crippen molar-refractivity contribution in [3.8, 4) is 0 Å². The van der Waals surface area contributed by atoms with Crippen molar-refractivity contribution in [3.63, 3.8) is 0 Å². The summed E-state index contributed by atoms with van der Waals surface area (Å²) in [6, 6.07) is 13.3. The molecular formula is C19H25N3O. The summed E-state index contributed by atoms with van der Waals surface area (Å²) >= 11 is 0. The number of carbonyl (C=O) groups is 1. The van der Waals surface area contributed by atoms with Gasteiger partial charge in [0.1, 0.15) is 0 Å². The largest absolute Gasteiger partial charge is 0.399 e. The van der Waals surface area contributed by atoms with Crippen LogP contribution in [0.1, 0.15) is 36.7 Å². The van der Waals surface area contributed by atoms with Crippen LogP contribution in [0.25, 0.3) is 0 Å². The number of aryl methyl sites for hydroxylation is 1. The Balaban J connectivity index is 2.27. The average Bonchev–Trinajstić information content (AvgIpc) is 2.57. The third kappa shape index (κ3) is 4.03. The summed E-state index contributed by atoms with van der Waals surface area (Å²) in [7, 11) is 0. The third-order valence-corrected chi connectivity index (χ3v) is 4.00. The topological polar surface area (TPSA) is 58.4 Å². The van der Waals surface area contributed by atoms with Gasteiger partial charge in [0.2, 0.25) is 0 Å². The molecule has 0 bridgehead atoms. The molecule has 2 aromatic rings. The SMILES string of the molecule is CCc1ccc(C(=O)Nc2cc(N)ccc2N(CC)CC)cc1. The molecule has 0 aliphatic rings. The first-order valence-electron chi connectivity index (χ1n) is 8.13. The highest BCUT2D eigenvalue weighted by Crippen LogP contribution is 2.28. The maximum Gasteiger partial charge on any atom is 0.255 e. The number of hydrogen-bond acceptors (Lipinski definition) is 3. The van der Waals surface area contributed by atoms with E-state index >= 15 is 0 Å². The van der Waals surface area contributed by atoms with E-state index in [2.05, 4.69) is 31.0 Å². The number of benzene rings is 2. The zero-order valence-corrected chi connectivity index (χ0v) is 14.1. The summed E-state index contributed by atoms with van der Waals surface area (Å²) in [5.41, 5.74) is 10.1. The Hall–Kier alpha value is -2.49. The van der Waals surface area contributed by atoms with Crippen molar-refractivity contribution in [3.05, 3.63) is 53.6 Å². The molecule has 0 spiro atoms. The van der Waals surface area contributed by atoms with Gasteiger partial charge in [0, 0.05) is 24.3 Å². The molecule has 0 aliphatic heterocycles. The first-order chi connectivity index (χ1) is 11.1. The molecule has 0 unspecified atom stereocenters. The van der Waals surface area contributed by atoms with E-state index < -0.39 is 0 Å². The Bertz CT molecular complexity index is 661. The molecule has 0 aliphatic carbocycles. The lowest BCUT2D eigenvalue weighted by Crippen LogP contribution is -2.24. The predicted molar refractivity (Wildman–Crippen MR) is 98.2 cm³/mol. The Kier molecular flexibility index (Phi) is 5.63. The lowest BCUT2D eigenvalue weighted by Gasteiger charge is -2.24. The monoisotopic (exact) mass is 311 g/mol. The van der Waals surface area contributed by atoms with Crippen LogP contribution < -0.4 is 16.0 Å². The second-order valence-corrected chi connectivity index (χ2v) is 5.45. The van der Waals surface area contributed by atoms with Gasteiger partial charge >= 0.3 is 0 Å². The quantitative estimate of drug-likeness (QED) is 0.795. The standard InChI is InChI=1S/C19H25N3O/c1-4-14-7-9-15(10-8-14)19(23)21-17-13-16(20)11-12-18(17)22(5-2)6-3/h7-13H,4-6,20H2,1-3H3,(H,21,23). The molecule has 0 fully saturated rings. The highest BCUT2D eigenvalue weighted by Gasteiger charge is 2.13. The fourth-order valence-corrected chi connectivity index (χ4v) is 2.58. The Labute approximate surface area is 138 Å². The number of anilines is 3. The van der Waals surface area contributed by atoms with Crippen LogP contribution in [0.15, 0.2) is 42.5 Å². The summed E-state index contributed by atoms with van der Waals surface area (Å²) in [5.74, 6) is -0.119. The normalized spacial score (nSPS) is 10.4. The molecule has 0 aromatic heterocycles. The Morgan fingerprint density at radius 2 is 1.70 bits per heavy atom. The molecule has 0 atom stereocenters. The van der Waals surface area contributed by atoms with E-state index in [0.29, 0.717) is 11.3 Å². The first kappa shape index (κ1) is 16.9. The van der Waals surface area contributed by atoms with Gasteiger partial charge in [-0.15, -0.1) is 0 Å². The summed E-state index contributed by atoms with van der Waals surface area (Å²) in [5, 5.41) is 2.99. The molecule has 4 nitrogen and oxygen atoms in total. The van der Waals surface area contributed by atoms with Crippen molar-refractivity contribution in [2.45, 2.75) is 27.2 Å².